The smallest absolute Gasteiger partial charge is 0.172 e. The Labute approximate surface area is 85.1 Å². The van der Waals surface area contributed by atoms with E-state index in [0.717, 1.165) is 0 Å². The van der Waals surface area contributed by atoms with E-state index in [-0.39, 0.29) is 22.9 Å². The summed E-state index contributed by atoms with van der Waals surface area (Å²) in [5, 5.41) is 12.9. The summed E-state index contributed by atoms with van der Waals surface area (Å²) in [6.07, 6.45) is 0. The fraction of sp³-hybridized carbons (Fsp3) is 0.100. The zero-order valence-electron chi connectivity index (χ0n) is 7.99. The lowest BCUT2D eigenvalue weighted by molar-refractivity contribution is 0.431. The predicted octanol–water partition coefficient (Wildman–Crippen LogP) is 2.08. The monoisotopic (exact) mass is 208 g/mol. The molecule has 0 aliphatic heterocycles. The number of anilines is 1. The second-order valence-electron chi connectivity index (χ2n) is 3.23. The van der Waals surface area contributed by atoms with Gasteiger partial charge in [0.05, 0.1) is 5.56 Å². The Balaban J connectivity index is 2.58. The third-order valence-corrected chi connectivity index (χ3v) is 2.08. The lowest BCUT2D eigenvalue weighted by atomic mass is 10.1. The number of aromatic hydroxyl groups is 1. The van der Waals surface area contributed by atoms with Crippen molar-refractivity contribution in [3.63, 3.8) is 0 Å². The minimum absolute atomic E-state index is 0.00127. The fourth-order valence-electron chi connectivity index (χ4n) is 1.27. The van der Waals surface area contributed by atoms with Crippen LogP contribution >= 0.6 is 0 Å². The molecule has 2 rings (SSSR count). The van der Waals surface area contributed by atoms with Crippen molar-refractivity contribution in [2.45, 2.75) is 6.92 Å². The van der Waals surface area contributed by atoms with Gasteiger partial charge >= 0.3 is 0 Å². The number of rotatable bonds is 1. The number of benzene rings is 1. The van der Waals surface area contributed by atoms with Crippen LogP contribution in [0, 0.1) is 12.7 Å². The van der Waals surface area contributed by atoms with Crippen LogP contribution in [0.3, 0.4) is 0 Å². The van der Waals surface area contributed by atoms with E-state index in [0.29, 0.717) is 5.56 Å². The van der Waals surface area contributed by atoms with Crippen LogP contribution in [0.15, 0.2) is 22.7 Å². The highest BCUT2D eigenvalue weighted by Crippen LogP contribution is 2.29. The van der Waals surface area contributed by atoms with E-state index in [1.165, 1.54) is 18.2 Å². The summed E-state index contributed by atoms with van der Waals surface area (Å²) < 4.78 is 18.3. The van der Waals surface area contributed by atoms with Gasteiger partial charge in [-0.2, -0.15) is 0 Å². The van der Waals surface area contributed by atoms with Crippen molar-refractivity contribution in [1.29, 1.82) is 0 Å². The molecule has 0 amide bonds. The molecule has 1 heterocycles. The van der Waals surface area contributed by atoms with E-state index in [1.807, 2.05) is 0 Å². The lowest BCUT2D eigenvalue weighted by Crippen LogP contribution is -1.85. The summed E-state index contributed by atoms with van der Waals surface area (Å²) in [5.41, 5.74) is 5.95. The van der Waals surface area contributed by atoms with Crippen LogP contribution in [-0.4, -0.2) is 10.3 Å². The molecule has 1 aromatic carbocycles. The normalized spacial score (nSPS) is 10.5. The van der Waals surface area contributed by atoms with Crippen LogP contribution in [-0.2, 0) is 0 Å². The molecule has 0 unspecified atom stereocenters. The number of phenolic OH excluding ortho intramolecular Hbond substituents is 1. The number of aromatic nitrogens is 1. The van der Waals surface area contributed by atoms with Crippen LogP contribution in [0.2, 0.25) is 0 Å². The molecule has 5 heteroatoms. The van der Waals surface area contributed by atoms with Gasteiger partial charge in [-0.3, -0.25) is 0 Å². The van der Waals surface area contributed by atoms with Crippen LogP contribution in [0.1, 0.15) is 5.56 Å². The van der Waals surface area contributed by atoms with Crippen LogP contribution in [0.5, 0.6) is 5.75 Å². The maximum absolute atomic E-state index is 13.5. The van der Waals surface area contributed by atoms with Gasteiger partial charge in [0, 0.05) is 6.07 Å². The topological polar surface area (TPSA) is 72.3 Å². The van der Waals surface area contributed by atoms with Crippen LogP contribution in [0.25, 0.3) is 11.3 Å². The van der Waals surface area contributed by atoms with Gasteiger partial charge in [0.1, 0.15) is 11.6 Å². The molecule has 0 radical (unpaired) electrons. The molecule has 3 N–H and O–H groups in total. The van der Waals surface area contributed by atoms with Gasteiger partial charge in [-0.15, -0.1) is 0 Å². The molecule has 0 bridgehead atoms. The first kappa shape index (κ1) is 9.51. The second-order valence-corrected chi connectivity index (χ2v) is 3.23. The molecule has 0 saturated heterocycles. The summed E-state index contributed by atoms with van der Waals surface area (Å²) in [5.74, 6) is -0.118. The number of nitrogens with zero attached hydrogens (tertiary/aromatic N) is 1. The third-order valence-electron chi connectivity index (χ3n) is 2.08. The maximum atomic E-state index is 13.5. The average Bonchev–Trinajstić information content (AvgIpc) is 2.58. The van der Waals surface area contributed by atoms with Crippen molar-refractivity contribution in [3.05, 3.63) is 29.6 Å². The Morgan fingerprint density at radius 3 is 2.73 bits per heavy atom. The van der Waals surface area contributed by atoms with Crippen LogP contribution in [0.4, 0.5) is 10.2 Å². The third kappa shape index (κ3) is 1.63. The minimum Gasteiger partial charge on any atom is -0.508 e. The van der Waals surface area contributed by atoms with Crippen molar-refractivity contribution in [2.24, 2.45) is 0 Å². The number of aryl methyl sites for hydroxylation is 1. The highest BCUT2D eigenvalue weighted by molar-refractivity contribution is 5.63. The zero-order chi connectivity index (χ0) is 11.0. The van der Waals surface area contributed by atoms with E-state index in [9.17, 15) is 9.50 Å². The molecule has 4 nitrogen and oxygen atoms in total. The summed E-state index contributed by atoms with van der Waals surface area (Å²) in [7, 11) is 0. The van der Waals surface area contributed by atoms with Gasteiger partial charge in [0.25, 0.3) is 0 Å². The van der Waals surface area contributed by atoms with Gasteiger partial charge in [-0.05, 0) is 24.6 Å². The van der Waals surface area contributed by atoms with Gasteiger partial charge in [0.2, 0.25) is 0 Å². The number of hydrogen-bond donors (Lipinski definition) is 2. The number of phenols is 1. The van der Waals surface area contributed by atoms with Gasteiger partial charge in [0.15, 0.2) is 11.6 Å². The molecular formula is C10H9FN2O2. The Morgan fingerprint density at radius 2 is 2.13 bits per heavy atom. The Morgan fingerprint density at radius 1 is 1.40 bits per heavy atom. The van der Waals surface area contributed by atoms with E-state index in [2.05, 4.69) is 5.16 Å². The first-order valence-corrected chi connectivity index (χ1v) is 4.29. The molecule has 0 atom stereocenters. The highest BCUT2D eigenvalue weighted by atomic mass is 19.1. The quantitative estimate of drug-likeness (QED) is 0.752. The largest absolute Gasteiger partial charge is 0.508 e. The highest BCUT2D eigenvalue weighted by Gasteiger charge is 2.12. The average molecular weight is 208 g/mol. The molecule has 0 saturated carbocycles. The molecule has 0 spiro atoms. The summed E-state index contributed by atoms with van der Waals surface area (Å²) >= 11 is 0. The van der Waals surface area contributed by atoms with Crippen molar-refractivity contribution in [2.75, 3.05) is 5.73 Å². The van der Waals surface area contributed by atoms with Gasteiger partial charge < -0.3 is 15.4 Å². The summed E-state index contributed by atoms with van der Waals surface area (Å²) in [6, 6.07) is 3.90. The van der Waals surface area contributed by atoms with Crippen molar-refractivity contribution in [1.82, 2.24) is 5.16 Å². The zero-order valence-corrected chi connectivity index (χ0v) is 7.99. The first-order valence-electron chi connectivity index (χ1n) is 4.29. The number of nitrogens with two attached hydrogens (primary N) is 1. The molecule has 0 aliphatic rings. The Bertz CT molecular complexity index is 508. The van der Waals surface area contributed by atoms with Crippen molar-refractivity contribution in [3.8, 4) is 17.1 Å². The predicted molar refractivity (Wildman–Crippen MR) is 52.7 cm³/mol. The van der Waals surface area contributed by atoms with Gasteiger partial charge in [-0.25, -0.2) is 4.39 Å². The molecule has 0 fully saturated rings. The lowest BCUT2D eigenvalue weighted by Gasteiger charge is -2.02. The summed E-state index contributed by atoms with van der Waals surface area (Å²) in [4.78, 5) is 0. The van der Waals surface area contributed by atoms with E-state index >= 15 is 0 Å². The SMILES string of the molecule is Cc1cc(F)c(-c2cc(N)no2)cc1O. The Kier molecular flexibility index (Phi) is 2.07. The standard InChI is InChI=1S/C10H9FN2O2/c1-5-2-7(11)6(3-8(5)14)9-4-10(12)13-15-9/h2-4,14H,1H3,(H2,12,13). The second kappa shape index (κ2) is 3.27. The number of hydrogen-bond acceptors (Lipinski definition) is 4. The van der Waals surface area contributed by atoms with Crippen molar-refractivity contribution < 1.29 is 14.0 Å². The number of nitrogen functional groups attached to an aromatic ring is 1. The molecule has 1 aromatic heterocycles. The van der Waals surface area contributed by atoms with E-state index in [4.69, 9.17) is 10.3 Å². The molecule has 78 valence electrons. The van der Waals surface area contributed by atoms with E-state index in [1.54, 1.807) is 6.92 Å². The van der Waals surface area contributed by atoms with Gasteiger partial charge in [-0.1, -0.05) is 5.16 Å². The number of halogens is 1. The maximum Gasteiger partial charge on any atom is 0.172 e. The van der Waals surface area contributed by atoms with Crippen molar-refractivity contribution >= 4 is 5.82 Å². The fourth-order valence-corrected chi connectivity index (χ4v) is 1.27. The van der Waals surface area contributed by atoms with Crippen LogP contribution < -0.4 is 5.73 Å². The minimum atomic E-state index is -0.485. The summed E-state index contributed by atoms with van der Waals surface area (Å²) in [6.45, 7) is 1.61. The first-order chi connectivity index (χ1) is 7.08. The molecule has 0 aliphatic carbocycles. The molecule has 15 heavy (non-hydrogen) atoms. The Hall–Kier alpha value is -2.04. The molecule has 2 aromatic rings. The molecular weight excluding hydrogens is 199 g/mol. The van der Waals surface area contributed by atoms with E-state index < -0.39 is 5.82 Å².